The van der Waals surface area contributed by atoms with Gasteiger partial charge in [0.1, 0.15) is 0 Å². The maximum atomic E-state index is 12.0. The van der Waals surface area contributed by atoms with Crippen molar-refractivity contribution >= 4 is 11.8 Å². The van der Waals surface area contributed by atoms with Gasteiger partial charge in [-0.2, -0.15) is 29.9 Å². The van der Waals surface area contributed by atoms with Crippen LogP contribution in [0, 0.1) is 0 Å². The lowest BCUT2D eigenvalue weighted by Gasteiger charge is -2.12. The molecule has 0 aliphatic heterocycles. The van der Waals surface area contributed by atoms with Gasteiger partial charge in [-0.1, -0.05) is 5.16 Å². The number of alkyl halides is 3. The molecule has 0 bridgehead atoms. The summed E-state index contributed by atoms with van der Waals surface area (Å²) >= 11 is 0.932. The first-order valence-electron chi connectivity index (χ1n) is 5.12. The van der Waals surface area contributed by atoms with E-state index in [9.17, 15) is 13.2 Å². The van der Waals surface area contributed by atoms with Crippen molar-refractivity contribution in [3.8, 4) is 0 Å². The fraction of sp³-hybridized carbons (Fsp3) is 0.778. The van der Waals surface area contributed by atoms with Crippen LogP contribution in [0.15, 0.2) is 4.52 Å². The topological polar surface area (TPSA) is 59.2 Å². The maximum Gasteiger partial charge on any atom is 0.415 e. The summed E-state index contributed by atoms with van der Waals surface area (Å²) in [7, 11) is 0. The second-order valence-corrected chi connectivity index (χ2v) is 4.93. The first-order valence-corrected chi connectivity index (χ1v) is 6.27. The molecule has 0 amide bonds. The van der Waals surface area contributed by atoms with E-state index in [0.717, 1.165) is 24.6 Å². The Morgan fingerprint density at radius 3 is 2.76 bits per heavy atom. The van der Waals surface area contributed by atoms with Crippen LogP contribution in [-0.2, 0) is 5.75 Å². The van der Waals surface area contributed by atoms with Crippen molar-refractivity contribution in [1.82, 2.24) is 10.1 Å². The summed E-state index contributed by atoms with van der Waals surface area (Å²) in [4.78, 5) is 4.07. The molecule has 8 heteroatoms. The smallest absolute Gasteiger partial charge is 0.383 e. The highest BCUT2D eigenvalue weighted by atomic mass is 32.2. The second-order valence-electron chi connectivity index (χ2n) is 3.90. The number of thioether (sulfide) groups is 1. The molecular formula is C9H11F3N2O2S. The van der Waals surface area contributed by atoms with E-state index in [1.54, 1.807) is 0 Å². The van der Waals surface area contributed by atoms with E-state index in [0.29, 0.717) is 17.6 Å². The van der Waals surface area contributed by atoms with E-state index in [-0.39, 0.29) is 5.75 Å². The highest BCUT2D eigenvalue weighted by Crippen LogP contribution is 2.39. The molecule has 96 valence electrons. The van der Waals surface area contributed by atoms with Crippen molar-refractivity contribution in [3.63, 3.8) is 0 Å². The third kappa shape index (κ3) is 3.60. The van der Waals surface area contributed by atoms with Crippen molar-refractivity contribution in [3.05, 3.63) is 11.7 Å². The third-order valence-electron chi connectivity index (χ3n) is 2.30. The third-order valence-corrected chi connectivity index (χ3v) is 3.31. The first kappa shape index (κ1) is 12.7. The molecule has 1 saturated carbocycles. The van der Waals surface area contributed by atoms with Crippen LogP contribution in [0.4, 0.5) is 13.2 Å². The molecular weight excluding hydrogens is 257 g/mol. The van der Waals surface area contributed by atoms with Gasteiger partial charge < -0.3 is 9.63 Å². The van der Waals surface area contributed by atoms with Crippen molar-refractivity contribution in [2.45, 2.75) is 36.8 Å². The van der Waals surface area contributed by atoms with Crippen LogP contribution >= 0.6 is 11.8 Å². The summed E-state index contributed by atoms with van der Waals surface area (Å²) in [5, 5.41) is 12.4. The molecule has 1 aromatic heterocycles. The minimum absolute atomic E-state index is 0.212. The Labute approximate surface area is 99.6 Å². The average molecular weight is 268 g/mol. The molecule has 2 rings (SSSR count). The van der Waals surface area contributed by atoms with Crippen LogP contribution in [0.25, 0.3) is 0 Å². The Kier molecular flexibility index (Phi) is 3.62. The fourth-order valence-corrected chi connectivity index (χ4v) is 2.01. The van der Waals surface area contributed by atoms with E-state index in [1.807, 2.05) is 0 Å². The normalized spacial score (nSPS) is 18.4. The monoisotopic (exact) mass is 268 g/mol. The van der Waals surface area contributed by atoms with Crippen molar-refractivity contribution in [2.24, 2.45) is 0 Å². The van der Waals surface area contributed by atoms with Crippen LogP contribution in [0.5, 0.6) is 0 Å². The molecule has 4 nitrogen and oxygen atoms in total. The summed E-state index contributed by atoms with van der Waals surface area (Å²) in [5.74, 6) is 1.07. The number of hydrogen-bond donors (Lipinski definition) is 1. The van der Waals surface area contributed by atoms with Crippen LogP contribution in [-0.4, -0.2) is 33.3 Å². The lowest BCUT2D eigenvalue weighted by molar-refractivity contribution is -0.195. The molecule has 1 aliphatic rings. The summed E-state index contributed by atoms with van der Waals surface area (Å²) < 4.78 is 40.9. The van der Waals surface area contributed by atoms with E-state index >= 15 is 0 Å². The number of rotatable bonds is 5. The Balaban J connectivity index is 1.74. The number of aromatic nitrogens is 2. The molecule has 1 aliphatic carbocycles. The Morgan fingerprint density at radius 2 is 2.18 bits per heavy atom. The number of halogens is 3. The van der Waals surface area contributed by atoms with Crippen molar-refractivity contribution in [1.29, 1.82) is 0 Å². The van der Waals surface area contributed by atoms with Crippen LogP contribution in [0.1, 0.15) is 30.5 Å². The SMILES string of the molecule is OC(CSCc1noc(C2CC2)n1)C(F)(F)F. The minimum Gasteiger partial charge on any atom is -0.383 e. The molecule has 0 radical (unpaired) electrons. The molecule has 0 saturated heterocycles. The molecule has 1 fully saturated rings. The summed E-state index contributed by atoms with van der Waals surface area (Å²) in [6.45, 7) is 0. The summed E-state index contributed by atoms with van der Waals surface area (Å²) in [5.41, 5.74) is 0. The lowest BCUT2D eigenvalue weighted by Crippen LogP contribution is -2.30. The molecule has 17 heavy (non-hydrogen) atoms. The van der Waals surface area contributed by atoms with Gasteiger partial charge in [-0.15, -0.1) is 0 Å². The Morgan fingerprint density at radius 1 is 1.47 bits per heavy atom. The number of nitrogens with zero attached hydrogens (tertiary/aromatic N) is 2. The van der Waals surface area contributed by atoms with Crippen LogP contribution in [0.3, 0.4) is 0 Å². The van der Waals surface area contributed by atoms with Gasteiger partial charge in [0.05, 0.1) is 5.75 Å². The van der Waals surface area contributed by atoms with Gasteiger partial charge in [0.25, 0.3) is 0 Å². The number of hydrogen-bond acceptors (Lipinski definition) is 5. The first-order chi connectivity index (χ1) is 7.97. The highest BCUT2D eigenvalue weighted by Gasteiger charge is 2.37. The zero-order valence-electron chi connectivity index (χ0n) is 8.78. The van der Waals surface area contributed by atoms with E-state index in [2.05, 4.69) is 10.1 Å². The van der Waals surface area contributed by atoms with Gasteiger partial charge in [-0.3, -0.25) is 0 Å². The lowest BCUT2D eigenvalue weighted by atomic mass is 10.4. The van der Waals surface area contributed by atoms with Crippen molar-refractivity contribution in [2.75, 3.05) is 5.75 Å². The van der Waals surface area contributed by atoms with Crippen molar-refractivity contribution < 1.29 is 22.8 Å². The maximum absolute atomic E-state index is 12.0. The van der Waals surface area contributed by atoms with Gasteiger partial charge in [-0.25, -0.2) is 0 Å². The zero-order chi connectivity index (χ0) is 12.5. The standard InChI is InChI=1S/C9H11F3N2O2S/c10-9(11,12)6(15)3-17-4-7-13-8(16-14-7)5-1-2-5/h5-6,15H,1-4H2. The number of aliphatic hydroxyl groups excluding tert-OH is 1. The van der Waals surface area contributed by atoms with E-state index in [4.69, 9.17) is 9.63 Å². The van der Waals surface area contributed by atoms with Gasteiger partial charge >= 0.3 is 6.18 Å². The largest absolute Gasteiger partial charge is 0.415 e. The molecule has 1 heterocycles. The van der Waals surface area contributed by atoms with E-state index < -0.39 is 18.0 Å². The fourth-order valence-electron chi connectivity index (χ4n) is 1.18. The predicted molar refractivity (Wildman–Crippen MR) is 54.5 cm³/mol. The minimum atomic E-state index is -4.57. The second kappa shape index (κ2) is 4.85. The van der Waals surface area contributed by atoms with Gasteiger partial charge in [0.15, 0.2) is 11.9 Å². The molecule has 0 aromatic carbocycles. The van der Waals surface area contributed by atoms with Gasteiger partial charge in [-0.05, 0) is 12.8 Å². The van der Waals surface area contributed by atoms with E-state index in [1.165, 1.54) is 0 Å². The van der Waals surface area contributed by atoms with Crippen LogP contribution in [0.2, 0.25) is 0 Å². The highest BCUT2D eigenvalue weighted by molar-refractivity contribution is 7.98. The number of aliphatic hydroxyl groups is 1. The van der Waals surface area contributed by atoms with Gasteiger partial charge in [0.2, 0.25) is 5.89 Å². The summed E-state index contributed by atoms with van der Waals surface area (Å²) in [6.07, 6.45) is -4.81. The molecule has 1 aromatic rings. The van der Waals surface area contributed by atoms with Crippen LogP contribution < -0.4 is 0 Å². The molecule has 1 N–H and O–H groups in total. The summed E-state index contributed by atoms with van der Waals surface area (Å²) in [6, 6.07) is 0. The Bertz CT molecular complexity index is 379. The predicted octanol–water partition coefficient (Wildman–Crippen LogP) is 2.10. The van der Waals surface area contributed by atoms with Gasteiger partial charge in [0, 0.05) is 11.7 Å². The quantitative estimate of drug-likeness (QED) is 0.886. The average Bonchev–Trinajstić information content (AvgIpc) is 2.98. The molecule has 1 unspecified atom stereocenters. The molecule has 1 atom stereocenters. The zero-order valence-corrected chi connectivity index (χ0v) is 9.59. The molecule has 0 spiro atoms. The Hall–Kier alpha value is -0.760.